The molecule has 1 aromatic carbocycles. The van der Waals surface area contributed by atoms with Crippen LogP contribution in [0.1, 0.15) is 46.1 Å². The number of nitrogens with zero attached hydrogens (tertiary/aromatic N) is 1. The van der Waals surface area contributed by atoms with Crippen LogP contribution in [-0.4, -0.2) is 53.9 Å². The van der Waals surface area contributed by atoms with E-state index in [1.807, 2.05) is 43.9 Å². The van der Waals surface area contributed by atoms with Crippen LogP contribution >= 0.6 is 12.2 Å². The number of carbonyl (C=O) groups is 1. The molecule has 0 saturated carbocycles. The van der Waals surface area contributed by atoms with Gasteiger partial charge in [0.2, 0.25) is 0 Å². The van der Waals surface area contributed by atoms with Crippen molar-refractivity contribution in [3.05, 3.63) is 35.9 Å². The molecule has 1 N–H and O–H groups in total. The number of nitrogens with one attached hydrogen (secondary N) is 1. The highest BCUT2D eigenvalue weighted by Gasteiger charge is 2.40. The summed E-state index contributed by atoms with van der Waals surface area (Å²) in [4.78, 5) is 15.2. The van der Waals surface area contributed by atoms with Crippen LogP contribution in [0.4, 0.5) is 4.79 Å². The van der Waals surface area contributed by atoms with E-state index in [2.05, 4.69) is 24.4 Å². The van der Waals surface area contributed by atoms with Crippen molar-refractivity contribution in [2.45, 2.75) is 64.7 Å². The maximum Gasteiger partial charge on any atom is 0.410 e. The summed E-state index contributed by atoms with van der Waals surface area (Å²) in [5.74, 6) is 0.00353. The molecule has 0 spiro atoms. The first-order valence-electron chi connectivity index (χ1n) is 10.1. The zero-order chi connectivity index (χ0) is 20.7. The lowest BCUT2D eigenvalue weighted by Crippen LogP contribution is -2.50. The predicted octanol–water partition coefficient (Wildman–Crippen LogP) is 4.20. The molecule has 1 amide bonds. The Labute approximate surface area is 174 Å². The largest absolute Gasteiger partial charge is 0.444 e. The molecule has 1 aromatic rings. The molecule has 2 rings (SSSR count). The van der Waals surface area contributed by atoms with Crippen LogP contribution in [0.2, 0.25) is 0 Å². The fourth-order valence-electron chi connectivity index (χ4n) is 3.66. The topological polar surface area (TPSA) is 50.8 Å². The van der Waals surface area contributed by atoms with Crippen LogP contribution in [-0.2, 0) is 15.9 Å². The van der Waals surface area contributed by atoms with Crippen LogP contribution in [0.15, 0.2) is 30.3 Å². The van der Waals surface area contributed by atoms with Crippen molar-refractivity contribution in [1.29, 1.82) is 0 Å². The van der Waals surface area contributed by atoms with Crippen molar-refractivity contribution in [3.63, 3.8) is 0 Å². The molecule has 1 heterocycles. The van der Waals surface area contributed by atoms with Crippen molar-refractivity contribution >= 4 is 23.3 Å². The van der Waals surface area contributed by atoms with E-state index < -0.39 is 5.60 Å². The minimum atomic E-state index is -0.507. The van der Waals surface area contributed by atoms with Gasteiger partial charge in [-0.3, -0.25) is 0 Å². The van der Waals surface area contributed by atoms with Crippen LogP contribution < -0.4 is 5.32 Å². The summed E-state index contributed by atoms with van der Waals surface area (Å²) < 4.78 is 11.4. The smallest absolute Gasteiger partial charge is 0.410 e. The van der Waals surface area contributed by atoms with Gasteiger partial charge < -0.3 is 19.7 Å². The highest BCUT2D eigenvalue weighted by molar-refractivity contribution is 7.80. The summed E-state index contributed by atoms with van der Waals surface area (Å²) >= 11 is 5.64. The minimum Gasteiger partial charge on any atom is -0.444 e. The van der Waals surface area contributed by atoms with Crippen LogP contribution in [0.25, 0.3) is 0 Å². The van der Waals surface area contributed by atoms with Gasteiger partial charge in [0.1, 0.15) is 5.60 Å². The fourth-order valence-corrected chi connectivity index (χ4v) is 3.90. The van der Waals surface area contributed by atoms with Gasteiger partial charge in [-0.1, -0.05) is 49.5 Å². The van der Waals surface area contributed by atoms with Crippen molar-refractivity contribution in [2.24, 2.45) is 5.92 Å². The standard InChI is InChI=1S/C22H34N2O3S/c1-16(20(28)23-14-13-17-10-7-6-8-11-17)19(26-5)18-12-9-15-24(18)21(25)27-22(2,3)4/h6-8,10-11,16,18-19H,9,12-15H2,1-5H3,(H,23,28)/t16-,18?,19-/m1/s1. The summed E-state index contributed by atoms with van der Waals surface area (Å²) in [7, 11) is 1.69. The number of hydrogen-bond donors (Lipinski definition) is 1. The van der Waals surface area contributed by atoms with Gasteiger partial charge in [-0.05, 0) is 45.6 Å². The third kappa shape index (κ3) is 6.45. The second kappa shape index (κ2) is 10.2. The summed E-state index contributed by atoms with van der Waals surface area (Å²) in [6.07, 6.45) is 2.33. The highest BCUT2D eigenvalue weighted by Crippen LogP contribution is 2.28. The molecule has 6 heteroatoms. The van der Waals surface area contributed by atoms with Gasteiger partial charge in [-0.2, -0.15) is 0 Å². The summed E-state index contributed by atoms with van der Waals surface area (Å²) in [5.41, 5.74) is 0.771. The molecular weight excluding hydrogens is 372 g/mol. The Kier molecular flexibility index (Phi) is 8.25. The molecule has 0 radical (unpaired) electrons. The first kappa shape index (κ1) is 22.6. The van der Waals surface area contributed by atoms with E-state index in [1.165, 1.54) is 5.56 Å². The van der Waals surface area contributed by atoms with Crippen LogP contribution in [0.5, 0.6) is 0 Å². The molecule has 1 aliphatic rings. The Balaban J connectivity index is 1.94. The molecule has 1 unspecified atom stereocenters. The molecule has 1 fully saturated rings. The van der Waals surface area contributed by atoms with E-state index in [-0.39, 0.29) is 24.2 Å². The van der Waals surface area contributed by atoms with Crippen LogP contribution in [0, 0.1) is 5.92 Å². The monoisotopic (exact) mass is 406 g/mol. The maximum atomic E-state index is 12.6. The third-order valence-corrected chi connectivity index (χ3v) is 5.56. The molecule has 0 aliphatic carbocycles. The van der Waals surface area contributed by atoms with Gasteiger partial charge in [0.25, 0.3) is 0 Å². The molecule has 1 saturated heterocycles. The molecule has 0 aromatic heterocycles. The Hall–Kier alpha value is -1.66. The molecule has 28 heavy (non-hydrogen) atoms. The fraction of sp³-hybridized carbons (Fsp3) is 0.636. The quantitative estimate of drug-likeness (QED) is 0.688. The zero-order valence-electron chi connectivity index (χ0n) is 17.7. The van der Waals surface area contributed by atoms with Crippen molar-refractivity contribution in [1.82, 2.24) is 10.2 Å². The van der Waals surface area contributed by atoms with Gasteiger partial charge in [0.15, 0.2) is 0 Å². The molecule has 5 nitrogen and oxygen atoms in total. The molecule has 3 atom stereocenters. The lowest BCUT2D eigenvalue weighted by molar-refractivity contribution is -0.0131. The number of carbonyl (C=O) groups excluding carboxylic acids is 1. The molecular formula is C22H34N2O3S. The number of amides is 1. The van der Waals surface area contributed by atoms with Crippen LogP contribution in [0.3, 0.4) is 0 Å². The number of thiocarbonyl (C=S) groups is 1. The van der Waals surface area contributed by atoms with E-state index >= 15 is 0 Å². The third-order valence-electron chi connectivity index (χ3n) is 5.04. The highest BCUT2D eigenvalue weighted by atomic mass is 32.1. The van der Waals surface area contributed by atoms with Gasteiger partial charge in [-0.15, -0.1) is 0 Å². The van der Waals surface area contributed by atoms with E-state index in [4.69, 9.17) is 21.7 Å². The minimum absolute atomic E-state index is 0.00353. The molecule has 156 valence electrons. The van der Waals surface area contributed by atoms with Gasteiger partial charge in [-0.25, -0.2) is 4.79 Å². The van der Waals surface area contributed by atoms with E-state index in [9.17, 15) is 4.79 Å². The van der Waals surface area contributed by atoms with E-state index in [0.717, 1.165) is 30.8 Å². The van der Waals surface area contributed by atoms with Crippen molar-refractivity contribution < 1.29 is 14.3 Å². The number of benzene rings is 1. The van der Waals surface area contributed by atoms with Crippen molar-refractivity contribution in [2.75, 3.05) is 20.2 Å². The number of methoxy groups -OCH3 is 1. The maximum absolute atomic E-state index is 12.6. The summed E-state index contributed by atoms with van der Waals surface area (Å²) in [6.45, 7) is 9.20. The Morgan fingerprint density at radius 1 is 1.32 bits per heavy atom. The predicted molar refractivity (Wildman–Crippen MR) is 117 cm³/mol. The first-order valence-corrected chi connectivity index (χ1v) is 10.5. The second-order valence-corrected chi connectivity index (χ2v) is 8.84. The first-order chi connectivity index (χ1) is 13.2. The number of hydrogen-bond acceptors (Lipinski definition) is 4. The van der Waals surface area contributed by atoms with Gasteiger partial charge in [0, 0.05) is 26.1 Å². The van der Waals surface area contributed by atoms with Gasteiger partial charge in [0.05, 0.1) is 17.1 Å². The SMILES string of the molecule is CO[C@@H](C1CCCN1C(=O)OC(C)(C)C)[C@@H](C)C(=S)NCCc1ccccc1. The zero-order valence-corrected chi connectivity index (χ0v) is 18.6. The Morgan fingerprint density at radius 2 is 2.00 bits per heavy atom. The molecule has 1 aliphatic heterocycles. The van der Waals surface area contributed by atoms with E-state index in [0.29, 0.717) is 6.54 Å². The normalized spacial score (nSPS) is 19.2. The average molecular weight is 407 g/mol. The summed E-state index contributed by atoms with van der Waals surface area (Å²) in [5, 5.41) is 3.37. The van der Waals surface area contributed by atoms with Crippen molar-refractivity contribution in [3.8, 4) is 0 Å². The van der Waals surface area contributed by atoms with E-state index in [1.54, 1.807) is 7.11 Å². The Bertz CT molecular complexity index is 645. The Morgan fingerprint density at radius 3 is 2.61 bits per heavy atom. The van der Waals surface area contributed by atoms with Gasteiger partial charge >= 0.3 is 6.09 Å². The lowest BCUT2D eigenvalue weighted by Gasteiger charge is -2.35. The number of likely N-dealkylation sites (tertiary alicyclic amines) is 1. The lowest BCUT2D eigenvalue weighted by atomic mass is 9.95. The number of ether oxygens (including phenoxy) is 2. The number of rotatable bonds is 7. The summed E-state index contributed by atoms with van der Waals surface area (Å²) in [6, 6.07) is 10.3. The molecule has 0 bridgehead atoms. The second-order valence-electron chi connectivity index (χ2n) is 8.40. The average Bonchev–Trinajstić information content (AvgIpc) is 3.11.